The topological polar surface area (TPSA) is 76.7 Å². The molecule has 0 saturated carbocycles. The van der Waals surface area contributed by atoms with Crippen molar-refractivity contribution < 1.29 is 4.39 Å². The van der Waals surface area contributed by atoms with E-state index in [1.807, 2.05) is 0 Å². The molecule has 2 heterocycles. The van der Waals surface area contributed by atoms with Crippen molar-refractivity contribution >= 4 is 17.2 Å². The number of nitrogens with one attached hydrogen (secondary N) is 1. The van der Waals surface area contributed by atoms with Gasteiger partial charge in [-0.05, 0) is 35.6 Å². The molecule has 6 heteroatoms. The summed E-state index contributed by atoms with van der Waals surface area (Å²) in [5.74, 6) is 0.276. The highest BCUT2D eigenvalue weighted by molar-refractivity contribution is 5.73. The molecule has 0 fully saturated rings. The minimum absolute atomic E-state index is 0.323. The lowest BCUT2D eigenvalue weighted by atomic mass is 10.0. The molecular formula is C20H18FN5. The highest BCUT2D eigenvalue weighted by atomic mass is 19.1. The van der Waals surface area contributed by atoms with Gasteiger partial charge in [0.15, 0.2) is 11.6 Å². The van der Waals surface area contributed by atoms with Gasteiger partial charge in [0.1, 0.15) is 0 Å². The van der Waals surface area contributed by atoms with E-state index in [-0.39, 0.29) is 0 Å². The highest BCUT2D eigenvalue weighted by Crippen LogP contribution is 2.29. The van der Waals surface area contributed by atoms with E-state index in [4.69, 9.17) is 5.73 Å². The number of pyridine rings is 1. The van der Waals surface area contributed by atoms with Gasteiger partial charge in [-0.25, -0.2) is 15.0 Å². The molecule has 0 spiro atoms. The monoisotopic (exact) mass is 347 g/mol. The molecule has 0 saturated heterocycles. The summed E-state index contributed by atoms with van der Waals surface area (Å²) in [6.45, 7) is 0.688. The van der Waals surface area contributed by atoms with Gasteiger partial charge in [-0.1, -0.05) is 30.3 Å². The second-order valence-corrected chi connectivity index (χ2v) is 6.12. The lowest BCUT2D eigenvalue weighted by Gasteiger charge is -2.11. The number of fused-ring (bicyclic) bond motifs is 1. The van der Waals surface area contributed by atoms with E-state index in [1.165, 1.54) is 35.2 Å². The quantitative estimate of drug-likeness (QED) is 0.688. The van der Waals surface area contributed by atoms with Crippen LogP contribution in [-0.2, 0) is 6.42 Å². The van der Waals surface area contributed by atoms with Gasteiger partial charge in [0.2, 0.25) is 5.95 Å². The van der Waals surface area contributed by atoms with Gasteiger partial charge in [-0.2, -0.15) is 4.39 Å². The summed E-state index contributed by atoms with van der Waals surface area (Å²) in [6.07, 6.45) is 7.05. The summed E-state index contributed by atoms with van der Waals surface area (Å²) < 4.78 is 13.3. The van der Waals surface area contributed by atoms with Crippen molar-refractivity contribution in [2.45, 2.75) is 12.8 Å². The first-order chi connectivity index (χ1) is 12.7. The fourth-order valence-electron chi connectivity index (χ4n) is 3.14. The van der Waals surface area contributed by atoms with E-state index in [2.05, 4.69) is 50.6 Å². The number of nitrogens with zero attached hydrogens (tertiary/aromatic N) is 3. The molecule has 0 bridgehead atoms. The van der Waals surface area contributed by atoms with Crippen LogP contribution in [0.4, 0.5) is 16.0 Å². The number of aromatic nitrogens is 3. The van der Waals surface area contributed by atoms with E-state index >= 15 is 0 Å². The number of anilines is 2. The van der Waals surface area contributed by atoms with Crippen LogP contribution in [0.25, 0.3) is 16.8 Å². The van der Waals surface area contributed by atoms with Gasteiger partial charge in [0.05, 0.1) is 11.9 Å². The average Bonchev–Trinajstić information content (AvgIpc) is 3.06. The lowest BCUT2D eigenvalue weighted by molar-refractivity contribution is 0.584. The first-order valence-corrected chi connectivity index (χ1v) is 8.46. The molecule has 0 amide bonds. The zero-order valence-corrected chi connectivity index (χ0v) is 14.1. The molecule has 3 N–H and O–H groups in total. The Hall–Kier alpha value is -3.28. The van der Waals surface area contributed by atoms with E-state index in [1.54, 1.807) is 6.07 Å². The molecule has 0 radical (unpaired) electrons. The summed E-state index contributed by atoms with van der Waals surface area (Å²) in [6, 6.07) is 11.5. The van der Waals surface area contributed by atoms with Crippen molar-refractivity contribution in [2.24, 2.45) is 0 Å². The Morgan fingerprint density at radius 2 is 2.04 bits per heavy atom. The summed E-state index contributed by atoms with van der Waals surface area (Å²) in [7, 11) is 0. The Kier molecular flexibility index (Phi) is 4.31. The normalized spacial score (nSPS) is 12.6. The van der Waals surface area contributed by atoms with Gasteiger partial charge in [0.25, 0.3) is 0 Å². The first-order valence-electron chi connectivity index (χ1n) is 8.46. The molecule has 1 aromatic carbocycles. The molecule has 1 aliphatic carbocycles. The van der Waals surface area contributed by atoms with Crippen molar-refractivity contribution in [1.29, 1.82) is 0 Å². The minimum Gasteiger partial charge on any atom is -0.381 e. The maximum Gasteiger partial charge on any atom is 0.213 e. The van der Waals surface area contributed by atoms with E-state index in [9.17, 15) is 4.39 Å². The molecule has 5 nitrogen and oxygen atoms in total. The summed E-state index contributed by atoms with van der Waals surface area (Å²) in [5.41, 5.74) is 11.1. The molecule has 0 unspecified atom stereocenters. The van der Waals surface area contributed by atoms with Gasteiger partial charge in [0, 0.05) is 24.4 Å². The van der Waals surface area contributed by atoms with Gasteiger partial charge >= 0.3 is 0 Å². The molecular weight excluding hydrogens is 329 g/mol. The van der Waals surface area contributed by atoms with Gasteiger partial charge in [-0.3, -0.25) is 0 Å². The second-order valence-electron chi connectivity index (χ2n) is 6.12. The fraction of sp³-hybridized carbons (Fsp3) is 0.150. The molecule has 26 heavy (non-hydrogen) atoms. The highest BCUT2D eigenvalue weighted by Gasteiger charge is 2.13. The van der Waals surface area contributed by atoms with Crippen molar-refractivity contribution in [3.8, 4) is 11.3 Å². The molecule has 0 aliphatic heterocycles. The predicted molar refractivity (Wildman–Crippen MR) is 101 cm³/mol. The molecule has 3 aromatic rings. The smallest absolute Gasteiger partial charge is 0.213 e. The minimum atomic E-state index is -0.553. The van der Waals surface area contributed by atoms with Crippen LogP contribution in [0.1, 0.15) is 17.5 Å². The number of rotatable bonds is 5. The van der Waals surface area contributed by atoms with E-state index in [0.717, 1.165) is 12.8 Å². The third-order valence-electron chi connectivity index (χ3n) is 4.44. The Balaban J connectivity index is 1.46. The number of benzene rings is 1. The Bertz CT molecular complexity index is 983. The van der Waals surface area contributed by atoms with Crippen LogP contribution in [0.15, 0.2) is 54.9 Å². The van der Waals surface area contributed by atoms with Crippen molar-refractivity contribution in [3.05, 3.63) is 71.9 Å². The lowest BCUT2D eigenvalue weighted by Crippen LogP contribution is -2.08. The Morgan fingerprint density at radius 3 is 2.92 bits per heavy atom. The average molecular weight is 347 g/mol. The van der Waals surface area contributed by atoms with Crippen LogP contribution < -0.4 is 11.1 Å². The van der Waals surface area contributed by atoms with Crippen LogP contribution in [0.2, 0.25) is 0 Å². The SMILES string of the molecule is Nc1ncc(-c2ccnc(F)c2)nc1NCCC1=CCc2ccccc21. The number of hydrogen-bond donors (Lipinski definition) is 2. The number of hydrogen-bond acceptors (Lipinski definition) is 5. The zero-order valence-electron chi connectivity index (χ0n) is 14.1. The molecule has 130 valence electrons. The largest absolute Gasteiger partial charge is 0.381 e. The summed E-state index contributed by atoms with van der Waals surface area (Å²) in [4.78, 5) is 12.2. The number of nitrogens with two attached hydrogens (primary N) is 1. The molecule has 2 aromatic heterocycles. The maximum atomic E-state index is 13.3. The maximum absolute atomic E-state index is 13.3. The van der Waals surface area contributed by atoms with Gasteiger partial charge in [-0.15, -0.1) is 0 Å². The molecule has 0 atom stereocenters. The number of nitrogen functional groups attached to an aromatic ring is 1. The molecule has 4 rings (SSSR count). The van der Waals surface area contributed by atoms with Crippen LogP contribution in [0.5, 0.6) is 0 Å². The molecule has 1 aliphatic rings. The van der Waals surface area contributed by atoms with Gasteiger partial charge < -0.3 is 11.1 Å². The van der Waals surface area contributed by atoms with E-state index in [0.29, 0.717) is 29.4 Å². The van der Waals surface area contributed by atoms with Crippen LogP contribution in [0.3, 0.4) is 0 Å². The van der Waals surface area contributed by atoms with Crippen molar-refractivity contribution in [2.75, 3.05) is 17.6 Å². The number of allylic oxidation sites excluding steroid dienone is 1. The zero-order chi connectivity index (χ0) is 17.9. The fourth-order valence-corrected chi connectivity index (χ4v) is 3.14. The Labute approximate surface area is 150 Å². The van der Waals surface area contributed by atoms with Crippen LogP contribution in [0, 0.1) is 5.95 Å². The van der Waals surface area contributed by atoms with E-state index < -0.39 is 5.95 Å². The third-order valence-corrected chi connectivity index (χ3v) is 4.44. The number of halogens is 1. The van der Waals surface area contributed by atoms with Crippen LogP contribution >= 0.6 is 0 Å². The first kappa shape index (κ1) is 16.2. The second kappa shape index (κ2) is 6.92. The summed E-state index contributed by atoms with van der Waals surface area (Å²) >= 11 is 0. The predicted octanol–water partition coefficient (Wildman–Crippen LogP) is 3.70. The summed E-state index contributed by atoms with van der Waals surface area (Å²) in [5, 5.41) is 3.25. The van der Waals surface area contributed by atoms with Crippen LogP contribution in [-0.4, -0.2) is 21.5 Å². The Morgan fingerprint density at radius 1 is 1.15 bits per heavy atom. The standard InChI is InChI=1S/C20H18FN5/c21-18-11-15(8-9-23-18)17-12-25-19(22)20(26-17)24-10-7-14-6-5-13-3-1-2-4-16(13)14/h1-4,6,8-9,11-12H,5,7,10H2,(H2,22,25)(H,24,26). The van der Waals surface area contributed by atoms with Crippen molar-refractivity contribution in [1.82, 2.24) is 15.0 Å². The third kappa shape index (κ3) is 3.26. The van der Waals surface area contributed by atoms with Crippen molar-refractivity contribution in [3.63, 3.8) is 0 Å².